The van der Waals surface area contributed by atoms with Crippen LogP contribution in [0.15, 0.2) is 0 Å². The van der Waals surface area contributed by atoms with Crippen molar-refractivity contribution in [3.8, 4) is 0 Å². The maximum Gasteiger partial charge on any atom is 0.0768 e. The first-order chi connectivity index (χ1) is 7.61. The van der Waals surface area contributed by atoms with Crippen LogP contribution in [0.2, 0.25) is 0 Å². The predicted molar refractivity (Wildman–Crippen MR) is 64.5 cm³/mol. The molecule has 3 heteroatoms. The molecule has 2 aliphatic heterocycles. The van der Waals surface area contributed by atoms with Crippen molar-refractivity contribution in [1.82, 2.24) is 4.90 Å². The van der Waals surface area contributed by atoms with Gasteiger partial charge in [0.1, 0.15) is 0 Å². The van der Waals surface area contributed by atoms with E-state index < -0.39 is 5.60 Å². The molecule has 0 radical (unpaired) electrons. The highest BCUT2D eigenvalue weighted by Crippen LogP contribution is 2.38. The fourth-order valence-electron chi connectivity index (χ4n) is 3.02. The summed E-state index contributed by atoms with van der Waals surface area (Å²) in [5, 5.41) is 10.3. The van der Waals surface area contributed by atoms with Gasteiger partial charge in [0.05, 0.1) is 12.2 Å². The van der Waals surface area contributed by atoms with Gasteiger partial charge in [0.2, 0.25) is 0 Å². The number of hydrogen-bond acceptors (Lipinski definition) is 3. The van der Waals surface area contributed by atoms with Crippen molar-refractivity contribution < 1.29 is 9.84 Å². The summed E-state index contributed by atoms with van der Waals surface area (Å²) in [5.74, 6) is 0. The van der Waals surface area contributed by atoms with Crippen LogP contribution in [0.25, 0.3) is 0 Å². The lowest BCUT2D eigenvalue weighted by molar-refractivity contribution is -0.000464. The Labute approximate surface area is 98.8 Å². The summed E-state index contributed by atoms with van der Waals surface area (Å²) in [4.78, 5) is 2.43. The fourth-order valence-corrected chi connectivity index (χ4v) is 3.02. The summed E-state index contributed by atoms with van der Waals surface area (Å²) in [6.45, 7) is 9.10. The summed E-state index contributed by atoms with van der Waals surface area (Å²) in [7, 11) is 0. The van der Waals surface area contributed by atoms with E-state index in [4.69, 9.17) is 4.74 Å². The minimum Gasteiger partial charge on any atom is -0.389 e. The molecule has 0 aromatic rings. The summed E-state index contributed by atoms with van der Waals surface area (Å²) >= 11 is 0. The molecule has 0 aliphatic carbocycles. The van der Waals surface area contributed by atoms with E-state index >= 15 is 0 Å². The van der Waals surface area contributed by atoms with E-state index in [0.29, 0.717) is 5.41 Å². The van der Waals surface area contributed by atoms with Gasteiger partial charge in [0.15, 0.2) is 0 Å². The molecule has 3 nitrogen and oxygen atoms in total. The van der Waals surface area contributed by atoms with Crippen LogP contribution in [0.3, 0.4) is 0 Å². The maximum atomic E-state index is 10.3. The highest BCUT2D eigenvalue weighted by molar-refractivity contribution is 4.94. The number of likely N-dealkylation sites (tertiary alicyclic amines) is 1. The zero-order chi connectivity index (χ0) is 11.6. The zero-order valence-electron chi connectivity index (χ0n) is 10.7. The molecule has 1 unspecified atom stereocenters. The minimum absolute atomic E-state index is 0.419. The lowest BCUT2D eigenvalue weighted by atomic mass is 9.87. The normalized spacial score (nSPS) is 31.7. The van der Waals surface area contributed by atoms with Crippen LogP contribution in [0, 0.1) is 5.41 Å². The van der Waals surface area contributed by atoms with Gasteiger partial charge in [-0.05, 0) is 32.2 Å². The van der Waals surface area contributed by atoms with Gasteiger partial charge in [0, 0.05) is 25.1 Å². The van der Waals surface area contributed by atoms with E-state index in [1.807, 2.05) is 0 Å². The van der Waals surface area contributed by atoms with Gasteiger partial charge in [-0.2, -0.15) is 0 Å². The van der Waals surface area contributed by atoms with E-state index in [-0.39, 0.29) is 0 Å². The lowest BCUT2D eigenvalue weighted by Crippen LogP contribution is -2.42. The lowest BCUT2D eigenvalue weighted by Gasteiger charge is -2.31. The summed E-state index contributed by atoms with van der Waals surface area (Å²) < 4.78 is 5.52. The van der Waals surface area contributed by atoms with Crippen LogP contribution < -0.4 is 0 Å². The van der Waals surface area contributed by atoms with E-state index in [1.54, 1.807) is 0 Å². The highest BCUT2D eigenvalue weighted by atomic mass is 16.5. The second-order valence-corrected chi connectivity index (χ2v) is 5.69. The molecule has 0 amide bonds. The van der Waals surface area contributed by atoms with Crippen molar-refractivity contribution in [3.63, 3.8) is 0 Å². The number of nitrogens with zero attached hydrogens (tertiary/aromatic N) is 1. The van der Waals surface area contributed by atoms with Crippen LogP contribution in [-0.2, 0) is 4.74 Å². The quantitative estimate of drug-likeness (QED) is 0.792. The first kappa shape index (κ1) is 12.3. The Morgan fingerprint density at radius 2 is 2.06 bits per heavy atom. The Kier molecular flexibility index (Phi) is 3.57. The Balaban J connectivity index is 1.89. The van der Waals surface area contributed by atoms with E-state index in [2.05, 4.69) is 18.7 Å². The number of hydrogen-bond donors (Lipinski definition) is 1. The largest absolute Gasteiger partial charge is 0.389 e. The Bertz CT molecular complexity index is 232. The Morgan fingerprint density at radius 3 is 2.62 bits per heavy atom. The molecule has 2 fully saturated rings. The molecule has 1 N–H and O–H groups in total. The average Bonchev–Trinajstić information content (AvgIpc) is 2.90. The molecule has 1 atom stereocenters. The van der Waals surface area contributed by atoms with Crippen LogP contribution >= 0.6 is 0 Å². The molecular formula is C13H25NO2. The first-order valence-electron chi connectivity index (χ1n) is 6.64. The third-order valence-corrected chi connectivity index (χ3v) is 4.54. The van der Waals surface area contributed by atoms with Gasteiger partial charge in [-0.15, -0.1) is 0 Å². The molecule has 2 saturated heterocycles. The van der Waals surface area contributed by atoms with Crippen molar-refractivity contribution >= 4 is 0 Å². The average molecular weight is 227 g/mol. The Morgan fingerprint density at radius 1 is 1.31 bits per heavy atom. The molecular weight excluding hydrogens is 202 g/mol. The van der Waals surface area contributed by atoms with Crippen molar-refractivity contribution in [1.29, 1.82) is 0 Å². The van der Waals surface area contributed by atoms with Crippen LogP contribution in [0.4, 0.5) is 0 Å². The number of aliphatic hydroxyl groups is 1. The van der Waals surface area contributed by atoms with Crippen molar-refractivity contribution in [3.05, 3.63) is 0 Å². The fraction of sp³-hybridized carbons (Fsp3) is 1.00. The van der Waals surface area contributed by atoms with Gasteiger partial charge >= 0.3 is 0 Å². The van der Waals surface area contributed by atoms with Crippen molar-refractivity contribution in [2.45, 2.75) is 45.1 Å². The first-order valence-corrected chi connectivity index (χ1v) is 6.64. The molecule has 94 valence electrons. The third kappa shape index (κ3) is 2.41. The molecule has 1 spiro atoms. The monoisotopic (exact) mass is 227 g/mol. The van der Waals surface area contributed by atoms with E-state index in [1.165, 1.54) is 12.8 Å². The van der Waals surface area contributed by atoms with Gasteiger partial charge in [0.25, 0.3) is 0 Å². The zero-order valence-corrected chi connectivity index (χ0v) is 10.7. The number of β-amino-alcohol motifs (C(OH)–C–C–N with tert-alkyl or cyclic N) is 1. The summed E-state index contributed by atoms with van der Waals surface area (Å²) in [5.41, 5.74) is -0.0621. The minimum atomic E-state index is -0.481. The third-order valence-electron chi connectivity index (χ3n) is 4.54. The molecule has 0 aromatic carbocycles. The summed E-state index contributed by atoms with van der Waals surface area (Å²) in [6.07, 6.45) is 4.16. The molecule has 2 rings (SSSR count). The Hall–Kier alpha value is -0.120. The predicted octanol–water partition coefficient (Wildman–Crippen LogP) is 1.65. The molecule has 16 heavy (non-hydrogen) atoms. The second-order valence-electron chi connectivity index (χ2n) is 5.69. The second kappa shape index (κ2) is 4.63. The van der Waals surface area contributed by atoms with Crippen LogP contribution in [0.1, 0.15) is 39.5 Å². The number of rotatable bonds is 4. The van der Waals surface area contributed by atoms with Gasteiger partial charge in [-0.25, -0.2) is 0 Å². The molecule has 0 aromatic heterocycles. The molecule has 0 bridgehead atoms. The van der Waals surface area contributed by atoms with Gasteiger partial charge in [-0.3, -0.25) is 4.90 Å². The standard InChI is InChI=1S/C13H25NO2/c1-3-13(15,4-2)10-14-7-5-12(9-14)6-8-16-11-12/h15H,3-11H2,1-2H3. The smallest absolute Gasteiger partial charge is 0.0768 e. The van der Waals surface area contributed by atoms with Gasteiger partial charge < -0.3 is 9.84 Å². The number of ether oxygens (including phenoxy) is 1. The topological polar surface area (TPSA) is 32.7 Å². The van der Waals surface area contributed by atoms with Crippen LogP contribution in [0.5, 0.6) is 0 Å². The SMILES string of the molecule is CCC(O)(CC)CN1CCC2(CCOC2)C1. The maximum absolute atomic E-state index is 10.3. The van der Waals surface area contributed by atoms with Gasteiger partial charge in [-0.1, -0.05) is 13.8 Å². The molecule has 0 saturated carbocycles. The molecule has 2 heterocycles. The molecule has 2 aliphatic rings. The highest BCUT2D eigenvalue weighted by Gasteiger charge is 2.42. The van der Waals surface area contributed by atoms with Crippen molar-refractivity contribution in [2.24, 2.45) is 5.41 Å². The summed E-state index contributed by atoms with van der Waals surface area (Å²) in [6, 6.07) is 0. The van der Waals surface area contributed by atoms with E-state index in [0.717, 1.165) is 45.7 Å². The van der Waals surface area contributed by atoms with Crippen LogP contribution in [-0.4, -0.2) is 48.5 Å². The van der Waals surface area contributed by atoms with Crippen molar-refractivity contribution in [2.75, 3.05) is 32.8 Å². The van der Waals surface area contributed by atoms with E-state index in [9.17, 15) is 5.11 Å².